The minimum absolute atomic E-state index is 0.0103. The maximum atomic E-state index is 13.1. The highest BCUT2D eigenvalue weighted by molar-refractivity contribution is 7.99. The van der Waals surface area contributed by atoms with Gasteiger partial charge in [-0.15, -0.1) is 11.8 Å². The lowest BCUT2D eigenvalue weighted by Gasteiger charge is -2.29. The van der Waals surface area contributed by atoms with E-state index < -0.39 is 6.04 Å². The van der Waals surface area contributed by atoms with Crippen molar-refractivity contribution >= 4 is 35.2 Å². The van der Waals surface area contributed by atoms with Gasteiger partial charge in [-0.25, -0.2) is 0 Å². The van der Waals surface area contributed by atoms with Crippen LogP contribution in [0.1, 0.15) is 43.0 Å². The Bertz CT molecular complexity index is 865. The number of nitrogens with one attached hydrogen (secondary N) is 1. The second-order valence-electron chi connectivity index (χ2n) is 7.94. The van der Waals surface area contributed by atoms with Gasteiger partial charge in [0.05, 0.1) is 5.75 Å². The van der Waals surface area contributed by atoms with Gasteiger partial charge in [0.15, 0.2) is 0 Å². The number of thioether (sulfide) groups is 1. The molecule has 1 N–H and O–H groups in total. The molecule has 2 rings (SSSR count). The molecular weight excluding hydrogens is 416 g/mol. The van der Waals surface area contributed by atoms with Crippen molar-refractivity contribution in [2.24, 2.45) is 0 Å². The van der Waals surface area contributed by atoms with Gasteiger partial charge in [-0.3, -0.25) is 9.59 Å². The van der Waals surface area contributed by atoms with Crippen molar-refractivity contribution < 1.29 is 9.59 Å². The van der Waals surface area contributed by atoms with Crippen LogP contribution in [0.4, 0.5) is 0 Å². The largest absolute Gasteiger partial charge is 0.352 e. The molecule has 0 bridgehead atoms. The second-order valence-corrected chi connectivity index (χ2v) is 9.33. The topological polar surface area (TPSA) is 49.4 Å². The first-order chi connectivity index (χ1) is 14.2. The molecule has 0 saturated heterocycles. The summed E-state index contributed by atoms with van der Waals surface area (Å²) in [5.74, 6) is 0.817. The van der Waals surface area contributed by atoms with Crippen molar-refractivity contribution in [3.8, 4) is 0 Å². The highest BCUT2D eigenvalue weighted by Gasteiger charge is 2.26. The fraction of sp³-hybridized carbons (Fsp3) is 0.417. The van der Waals surface area contributed by atoms with Crippen molar-refractivity contribution in [1.82, 2.24) is 10.2 Å². The predicted octanol–water partition coefficient (Wildman–Crippen LogP) is 5.13. The molecule has 2 amide bonds. The number of rotatable bonds is 9. The molecule has 0 fully saturated rings. The smallest absolute Gasteiger partial charge is 0.242 e. The number of hydrogen-bond acceptors (Lipinski definition) is 3. The lowest BCUT2D eigenvalue weighted by molar-refractivity contribution is -0.138. The van der Waals surface area contributed by atoms with E-state index in [0.29, 0.717) is 17.3 Å². The summed E-state index contributed by atoms with van der Waals surface area (Å²) in [6, 6.07) is 13.3. The number of halogens is 1. The summed E-state index contributed by atoms with van der Waals surface area (Å²) in [7, 11) is 0. The van der Waals surface area contributed by atoms with E-state index in [2.05, 4.69) is 37.4 Å². The Morgan fingerprint density at radius 2 is 1.70 bits per heavy atom. The van der Waals surface area contributed by atoms with Crippen molar-refractivity contribution in [2.75, 3.05) is 5.75 Å². The first kappa shape index (κ1) is 24.3. The summed E-state index contributed by atoms with van der Waals surface area (Å²) >= 11 is 7.87. The van der Waals surface area contributed by atoms with Crippen LogP contribution in [0.2, 0.25) is 5.02 Å². The van der Waals surface area contributed by atoms with E-state index in [1.807, 2.05) is 32.0 Å². The molecule has 2 aromatic carbocycles. The maximum Gasteiger partial charge on any atom is 0.242 e. The minimum atomic E-state index is -0.585. The van der Waals surface area contributed by atoms with Crippen LogP contribution >= 0.6 is 23.4 Å². The van der Waals surface area contributed by atoms with Crippen LogP contribution in [0.5, 0.6) is 0 Å². The lowest BCUT2D eigenvalue weighted by Crippen LogP contribution is -2.49. The zero-order valence-corrected chi connectivity index (χ0v) is 19.9. The molecule has 0 aliphatic carbocycles. The van der Waals surface area contributed by atoms with Crippen molar-refractivity contribution in [3.63, 3.8) is 0 Å². The van der Waals surface area contributed by atoms with Crippen LogP contribution in [0.3, 0.4) is 0 Å². The molecule has 1 atom stereocenters. The van der Waals surface area contributed by atoms with Gasteiger partial charge in [-0.1, -0.05) is 59.1 Å². The van der Waals surface area contributed by atoms with Crippen LogP contribution in [0.25, 0.3) is 0 Å². The maximum absolute atomic E-state index is 13.1. The molecule has 2 aromatic rings. The molecule has 30 heavy (non-hydrogen) atoms. The van der Waals surface area contributed by atoms with Crippen LogP contribution in [0.15, 0.2) is 42.5 Å². The number of amides is 2. The van der Waals surface area contributed by atoms with Crippen molar-refractivity contribution in [1.29, 1.82) is 0 Å². The average Bonchev–Trinajstić information content (AvgIpc) is 2.65. The fourth-order valence-electron chi connectivity index (χ4n) is 3.29. The average molecular weight is 447 g/mol. The summed E-state index contributed by atoms with van der Waals surface area (Å²) in [6.45, 7) is 10.0. The Morgan fingerprint density at radius 1 is 1.07 bits per heavy atom. The van der Waals surface area contributed by atoms with E-state index in [0.717, 1.165) is 11.3 Å². The number of carbonyl (C=O) groups excluding carboxylic acids is 2. The minimum Gasteiger partial charge on any atom is -0.352 e. The zero-order chi connectivity index (χ0) is 22.3. The highest BCUT2D eigenvalue weighted by atomic mass is 35.5. The van der Waals surface area contributed by atoms with E-state index in [1.165, 1.54) is 16.7 Å². The molecule has 4 nitrogen and oxygen atoms in total. The molecule has 0 aliphatic rings. The van der Waals surface area contributed by atoms with Gasteiger partial charge in [0.2, 0.25) is 11.8 Å². The molecule has 0 heterocycles. The summed E-state index contributed by atoms with van der Waals surface area (Å²) in [4.78, 5) is 27.3. The Morgan fingerprint density at radius 3 is 2.30 bits per heavy atom. The van der Waals surface area contributed by atoms with Gasteiger partial charge < -0.3 is 10.2 Å². The van der Waals surface area contributed by atoms with E-state index >= 15 is 0 Å². The number of benzene rings is 2. The molecule has 0 aliphatic heterocycles. The van der Waals surface area contributed by atoms with Gasteiger partial charge >= 0.3 is 0 Å². The molecule has 6 heteroatoms. The van der Waals surface area contributed by atoms with Gasteiger partial charge in [-0.2, -0.15) is 0 Å². The SMILES string of the molecule is Cc1cc(C)cc(CSCC(=O)N(Cc2ccccc2Cl)C(C)C(=O)NC(C)C)c1. The highest BCUT2D eigenvalue weighted by Crippen LogP contribution is 2.21. The number of aryl methyl sites for hydroxylation is 2. The van der Waals surface area contributed by atoms with Crippen LogP contribution in [-0.2, 0) is 21.9 Å². The number of hydrogen-bond donors (Lipinski definition) is 1. The molecular formula is C24H31ClN2O2S. The summed E-state index contributed by atoms with van der Waals surface area (Å²) in [6.07, 6.45) is 0. The quantitative estimate of drug-likeness (QED) is 0.580. The normalized spacial score (nSPS) is 12.0. The monoisotopic (exact) mass is 446 g/mol. The molecule has 0 radical (unpaired) electrons. The van der Waals surface area contributed by atoms with E-state index in [1.54, 1.807) is 29.7 Å². The van der Waals surface area contributed by atoms with Crippen LogP contribution in [0, 0.1) is 13.8 Å². The number of nitrogens with zero attached hydrogens (tertiary/aromatic N) is 1. The third kappa shape index (κ3) is 7.37. The van der Waals surface area contributed by atoms with Crippen LogP contribution in [-0.4, -0.2) is 34.6 Å². The summed E-state index contributed by atoms with van der Waals surface area (Å²) < 4.78 is 0. The van der Waals surface area contributed by atoms with Crippen molar-refractivity contribution in [2.45, 2.75) is 59.0 Å². The van der Waals surface area contributed by atoms with Gasteiger partial charge in [0.25, 0.3) is 0 Å². The first-order valence-electron chi connectivity index (χ1n) is 10.2. The Labute approximate surface area is 189 Å². The molecule has 0 spiro atoms. The number of carbonyl (C=O) groups is 2. The van der Waals surface area contributed by atoms with Gasteiger partial charge in [-0.05, 0) is 51.8 Å². The first-order valence-corrected chi connectivity index (χ1v) is 11.7. The lowest BCUT2D eigenvalue weighted by atomic mass is 10.1. The third-order valence-electron chi connectivity index (χ3n) is 4.67. The standard InChI is InChI=1S/C24H31ClN2O2S/c1-16(2)26-24(29)19(5)27(13-21-8-6-7-9-22(21)25)23(28)15-30-14-20-11-17(3)10-18(4)12-20/h6-12,16,19H,13-15H2,1-5H3,(H,26,29). The van der Waals surface area contributed by atoms with E-state index in [9.17, 15) is 9.59 Å². The molecule has 0 saturated carbocycles. The van der Waals surface area contributed by atoms with E-state index in [-0.39, 0.29) is 17.9 Å². The molecule has 162 valence electrons. The summed E-state index contributed by atoms with van der Waals surface area (Å²) in [5, 5.41) is 3.49. The Kier molecular flexibility index (Phi) is 9.25. The van der Waals surface area contributed by atoms with E-state index in [4.69, 9.17) is 11.6 Å². The van der Waals surface area contributed by atoms with Crippen LogP contribution < -0.4 is 5.32 Å². The van der Waals surface area contributed by atoms with Crippen molar-refractivity contribution in [3.05, 3.63) is 69.7 Å². The Balaban J connectivity index is 2.10. The second kappa shape index (κ2) is 11.4. The zero-order valence-electron chi connectivity index (χ0n) is 18.4. The van der Waals surface area contributed by atoms with Gasteiger partial charge in [0, 0.05) is 23.4 Å². The molecule has 1 unspecified atom stereocenters. The third-order valence-corrected chi connectivity index (χ3v) is 6.03. The van der Waals surface area contributed by atoms with Gasteiger partial charge in [0.1, 0.15) is 6.04 Å². The summed E-state index contributed by atoms with van der Waals surface area (Å²) in [5.41, 5.74) is 4.47. The fourth-order valence-corrected chi connectivity index (χ4v) is 4.33. The Hall–Kier alpha value is -1.98. The molecule has 0 aromatic heterocycles. The predicted molar refractivity (Wildman–Crippen MR) is 127 cm³/mol.